The fourth-order valence-corrected chi connectivity index (χ4v) is 4.82. The van der Waals surface area contributed by atoms with Crippen molar-refractivity contribution >= 4 is 17.1 Å². The molecule has 0 amide bonds. The number of phenols is 1. The lowest BCUT2D eigenvalue weighted by atomic mass is 10.0. The highest BCUT2D eigenvalue weighted by Gasteiger charge is 2.04. The van der Waals surface area contributed by atoms with Gasteiger partial charge in [0.25, 0.3) is 0 Å². The van der Waals surface area contributed by atoms with Gasteiger partial charge in [0.15, 0.2) is 0 Å². The third kappa shape index (κ3) is 11.8. The van der Waals surface area contributed by atoms with E-state index in [9.17, 15) is 5.11 Å². The summed E-state index contributed by atoms with van der Waals surface area (Å²) >= 11 is 0. The van der Waals surface area contributed by atoms with Gasteiger partial charge in [-0.3, -0.25) is 0 Å². The Morgan fingerprint density at radius 2 is 1.11 bits per heavy atom. The second-order valence-corrected chi connectivity index (χ2v) is 10.4. The molecular weight excluding hydrogens is 452 g/mol. The van der Waals surface area contributed by atoms with E-state index >= 15 is 0 Å². The SMILES string of the molecule is CCCCCCCCCCCCCCCc1ccc(CNc2ccc(Nc3ccccc3)cc2)c(O)c1. The molecular formula is C34H48N2O. The molecule has 3 N–H and O–H groups in total. The molecule has 3 aromatic carbocycles. The summed E-state index contributed by atoms with van der Waals surface area (Å²) in [5.41, 5.74) is 5.33. The Kier molecular flexibility index (Phi) is 13.5. The molecule has 0 fully saturated rings. The monoisotopic (exact) mass is 500 g/mol. The van der Waals surface area contributed by atoms with Crippen LogP contribution < -0.4 is 10.6 Å². The predicted molar refractivity (Wildman–Crippen MR) is 161 cm³/mol. The number of hydrogen-bond donors (Lipinski definition) is 3. The summed E-state index contributed by atoms with van der Waals surface area (Å²) in [6.07, 6.45) is 18.9. The topological polar surface area (TPSA) is 44.3 Å². The van der Waals surface area contributed by atoms with Crippen molar-refractivity contribution in [2.45, 2.75) is 103 Å². The Labute approximate surface area is 225 Å². The molecule has 0 bridgehead atoms. The van der Waals surface area contributed by atoms with Crippen LogP contribution in [-0.4, -0.2) is 5.11 Å². The zero-order valence-electron chi connectivity index (χ0n) is 23.0. The maximum atomic E-state index is 10.5. The van der Waals surface area contributed by atoms with Gasteiger partial charge in [-0.2, -0.15) is 0 Å². The molecule has 0 heterocycles. The van der Waals surface area contributed by atoms with Gasteiger partial charge in [-0.15, -0.1) is 0 Å². The Bertz CT molecular complexity index is 984. The molecule has 0 spiro atoms. The molecule has 0 aliphatic rings. The molecule has 0 aromatic heterocycles. The van der Waals surface area contributed by atoms with Crippen molar-refractivity contribution in [3.05, 3.63) is 83.9 Å². The fraction of sp³-hybridized carbons (Fsp3) is 0.471. The van der Waals surface area contributed by atoms with Crippen molar-refractivity contribution in [1.29, 1.82) is 0 Å². The number of aromatic hydroxyl groups is 1. The van der Waals surface area contributed by atoms with E-state index in [1.807, 2.05) is 24.3 Å². The molecule has 0 aliphatic heterocycles. The Balaban J connectivity index is 1.26. The van der Waals surface area contributed by atoms with Gasteiger partial charge in [-0.25, -0.2) is 0 Å². The molecule has 3 nitrogen and oxygen atoms in total. The third-order valence-electron chi connectivity index (χ3n) is 7.15. The number of phenolic OH excluding ortho intramolecular Hbond substituents is 1. The average Bonchev–Trinajstić information content (AvgIpc) is 2.92. The maximum Gasteiger partial charge on any atom is 0.120 e. The first kappa shape index (κ1) is 28.6. The number of anilines is 3. The van der Waals surface area contributed by atoms with Crippen LogP contribution in [0.25, 0.3) is 0 Å². The highest BCUT2D eigenvalue weighted by molar-refractivity contribution is 5.62. The van der Waals surface area contributed by atoms with Crippen LogP contribution in [0.2, 0.25) is 0 Å². The lowest BCUT2D eigenvalue weighted by Crippen LogP contribution is -2.00. The standard InChI is InChI=1S/C34H48N2O/c1-2-3-4-5-6-7-8-9-10-11-12-13-15-18-29-21-22-30(34(37)27-29)28-35-31-23-25-33(26-24-31)36-32-19-16-14-17-20-32/h14,16-17,19-27,35-37H,2-13,15,18,28H2,1H3. The van der Waals surface area contributed by atoms with Gasteiger partial charge in [0.05, 0.1) is 0 Å². The first-order valence-corrected chi connectivity index (χ1v) is 14.7. The van der Waals surface area contributed by atoms with Crippen LogP contribution in [0.3, 0.4) is 0 Å². The minimum absolute atomic E-state index is 0.391. The Morgan fingerprint density at radius 1 is 0.568 bits per heavy atom. The van der Waals surface area contributed by atoms with Crippen LogP contribution in [0.15, 0.2) is 72.8 Å². The molecule has 0 aliphatic carbocycles. The molecule has 0 saturated heterocycles. The third-order valence-corrected chi connectivity index (χ3v) is 7.15. The van der Waals surface area contributed by atoms with Crippen LogP contribution >= 0.6 is 0 Å². The van der Waals surface area contributed by atoms with Gasteiger partial charge in [-0.05, 0) is 60.9 Å². The minimum Gasteiger partial charge on any atom is -0.508 e. The molecule has 200 valence electrons. The van der Waals surface area contributed by atoms with E-state index in [-0.39, 0.29) is 0 Å². The first-order chi connectivity index (χ1) is 18.2. The van der Waals surface area contributed by atoms with Crippen molar-refractivity contribution in [1.82, 2.24) is 0 Å². The number of benzene rings is 3. The van der Waals surface area contributed by atoms with Crippen LogP contribution in [0.4, 0.5) is 17.1 Å². The van der Waals surface area contributed by atoms with Crippen molar-refractivity contribution in [3.63, 3.8) is 0 Å². The molecule has 3 rings (SSSR count). The van der Waals surface area contributed by atoms with E-state index in [0.29, 0.717) is 12.3 Å². The van der Waals surface area contributed by atoms with E-state index in [2.05, 4.69) is 66.1 Å². The number of para-hydroxylation sites is 1. The minimum atomic E-state index is 0.391. The van der Waals surface area contributed by atoms with Gasteiger partial charge in [0, 0.05) is 29.2 Å². The number of rotatable bonds is 19. The van der Waals surface area contributed by atoms with E-state index < -0.39 is 0 Å². The summed E-state index contributed by atoms with van der Waals surface area (Å²) < 4.78 is 0. The summed E-state index contributed by atoms with van der Waals surface area (Å²) in [7, 11) is 0. The summed E-state index contributed by atoms with van der Waals surface area (Å²) in [5.74, 6) is 0.391. The predicted octanol–water partition coefficient (Wildman–Crippen LogP) is 10.4. The molecule has 0 saturated carbocycles. The highest BCUT2D eigenvalue weighted by Crippen LogP contribution is 2.23. The second kappa shape index (κ2) is 17.5. The van der Waals surface area contributed by atoms with E-state index in [4.69, 9.17) is 0 Å². The lowest BCUT2D eigenvalue weighted by molar-refractivity contribution is 0.468. The molecule has 0 atom stereocenters. The van der Waals surface area contributed by atoms with Gasteiger partial charge in [-0.1, -0.05) is 114 Å². The smallest absolute Gasteiger partial charge is 0.120 e. The number of aryl methyl sites for hydroxylation is 1. The van der Waals surface area contributed by atoms with Gasteiger partial charge >= 0.3 is 0 Å². The lowest BCUT2D eigenvalue weighted by Gasteiger charge is -2.11. The van der Waals surface area contributed by atoms with Gasteiger partial charge in [0.1, 0.15) is 5.75 Å². The number of nitrogens with one attached hydrogen (secondary N) is 2. The summed E-state index contributed by atoms with van der Waals surface area (Å²) in [5, 5.41) is 17.3. The molecule has 3 heteroatoms. The first-order valence-electron chi connectivity index (χ1n) is 14.7. The van der Waals surface area contributed by atoms with Gasteiger partial charge < -0.3 is 15.7 Å². The Hall–Kier alpha value is -2.94. The van der Waals surface area contributed by atoms with Gasteiger partial charge in [0.2, 0.25) is 0 Å². The molecule has 3 aromatic rings. The van der Waals surface area contributed by atoms with Crippen molar-refractivity contribution in [2.24, 2.45) is 0 Å². The van der Waals surface area contributed by atoms with E-state index in [1.54, 1.807) is 0 Å². The summed E-state index contributed by atoms with van der Waals surface area (Å²) in [6.45, 7) is 2.89. The highest BCUT2D eigenvalue weighted by atomic mass is 16.3. The molecule has 0 unspecified atom stereocenters. The normalized spacial score (nSPS) is 10.9. The van der Waals surface area contributed by atoms with Crippen LogP contribution in [-0.2, 0) is 13.0 Å². The maximum absolute atomic E-state index is 10.5. The zero-order chi connectivity index (χ0) is 26.0. The van der Waals surface area contributed by atoms with Crippen LogP contribution in [0.5, 0.6) is 5.75 Å². The summed E-state index contributed by atoms with van der Waals surface area (Å²) in [6, 6.07) is 24.6. The number of unbranched alkanes of at least 4 members (excludes halogenated alkanes) is 12. The summed E-state index contributed by atoms with van der Waals surface area (Å²) in [4.78, 5) is 0. The van der Waals surface area contributed by atoms with Crippen LogP contribution in [0.1, 0.15) is 102 Å². The van der Waals surface area contributed by atoms with Crippen molar-refractivity contribution < 1.29 is 5.11 Å². The quantitative estimate of drug-likeness (QED) is 0.143. The Morgan fingerprint density at radius 3 is 1.70 bits per heavy atom. The number of hydrogen-bond acceptors (Lipinski definition) is 3. The van der Waals surface area contributed by atoms with Crippen molar-refractivity contribution in [2.75, 3.05) is 10.6 Å². The van der Waals surface area contributed by atoms with E-state index in [1.165, 1.54) is 89.0 Å². The fourth-order valence-electron chi connectivity index (χ4n) is 4.82. The zero-order valence-corrected chi connectivity index (χ0v) is 23.0. The molecule has 37 heavy (non-hydrogen) atoms. The second-order valence-electron chi connectivity index (χ2n) is 10.4. The average molecular weight is 501 g/mol. The molecule has 0 radical (unpaired) electrons. The van der Waals surface area contributed by atoms with E-state index in [0.717, 1.165) is 29.0 Å². The largest absolute Gasteiger partial charge is 0.508 e. The van der Waals surface area contributed by atoms with Crippen LogP contribution in [0, 0.1) is 0 Å². The van der Waals surface area contributed by atoms with Crippen molar-refractivity contribution in [3.8, 4) is 5.75 Å².